The number of hydrogen-bond donors (Lipinski definition) is 0. The highest BCUT2D eigenvalue weighted by molar-refractivity contribution is 5.74. The quantitative estimate of drug-likeness (QED) is 0.483. The molecule has 6 nitrogen and oxygen atoms in total. The van der Waals surface area contributed by atoms with Gasteiger partial charge in [0.25, 0.3) is 0 Å². The molecule has 25 heavy (non-hydrogen) atoms. The van der Waals surface area contributed by atoms with Crippen LogP contribution in [0.25, 0.3) is 11.4 Å². The molecule has 1 unspecified atom stereocenters. The van der Waals surface area contributed by atoms with Crippen molar-refractivity contribution in [3.8, 4) is 11.4 Å². The van der Waals surface area contributed by atoms with E-state index in [1.807, 2.05) is 30.3 Å². The summed E-state index contributed by atoms with van der Waals surface area (Å²) in [5, 5.41) is 3.96. The maximum Gasteiger partial charge on any atom is 0.334 e. The van der Waals surface area contributed by atoms with Crippen LogP contribution in [0, 0.1) is 5.92 Å². The lowest BCUT2D eigenvalue weighted by Crippen LogP contribution is -2.24. The van der Waals surface area contributed by atoms with Gasteiger partial charge in [0.1, 0.15) is 0 Å². The molecule has 0 N–H and O–H groups in total. The van der Waals surface area contributed by atoms with Gasteiger partial charge in [-0.1, -0.05) is 49.3 Å². The third kappa shape index (κ3) is 6.66. The molecule has 2 aromatic rings. The van der Waals surface area contributed by atoms with E-state index in [2.05, 4.69) is 24.0 Å². The molecule has 6 heteroatoms. The molecule has 1 aromatic carbocycles. The summed E-state index contributed by atoms with van der Waals surface area (Å²) >= 11 is 0. The zero-order valence-electron chi connectivity index (χ0n) is 15.1. The van der Waals surface area contributed by atoms with Crippen LogP contribution in [0.4, 0.5) is 0 Å². The average Bonchev–Trinajstić information content (AvgIpc) is 3.08. The SMILES string of the molecule is CC(C)CCOC(C)C(=O)OCCCc1nc(-c2ccccc2)no1. The first-order valence-corrected chi connectivity index (χ1v) is 8.72. The number of carbonyl (C=O) groups excluding carboxylic acids is 1. The first-order valence-electron chi connectivity index (χ1n) is 8.72. The Hall–Kier alpha value is -2.21. The average molecular weight is 346 g/mol. The predicted molar refractivity (Wildman–Crippen MR) is 93.9 cm³/mol. The van der Waals surface area contributed by atoms with Gasteiger partial charge >= 0.3 is 5.97 Å². The number of ether oxygens (including phenoxy) is 2. The smallest absolute Gasteiger partial charge is 0.334 e. The summed E-state index contributed by atoms with van der Waals surface area (Å²) in [5.41, 5.74) is 0.913. The van der Waals surface area contributed by atoms with Gasteiger partial charge in [-0.3, -0.25) is 0 Å². The molecule has 0 bridgehead atoms. The molecule has 0 saturated heterocycles. The van der Waals surface area contributed by atoms with Crippen molar-refractivity contribution in [2.45, 2.75) is 46.1 Å². The first kappa shape index (κ1) is 19.1. The zero-order chi connectivity index (χ0) is 18.1. The summed E-state index contributed by atoms with van der Waals surface area (Å²) in [6.45, 7) is 6.82. The topological polar surface area (TPSA) is 74.5 Å². The summed E-state index contributed by atoms with van der Waals surface area (Å²) in [6, 6.07) is 9.64. The Morgan fingerprint density at radius 3 is 2.64 bits per heavy atom. The fourth-order valence-corrected chi connectivity index (χ4v) is 2.12. The van der Waals surface area contributed by atoms with Crippen molar-refractivity contribution in [1.82, 2.24) is 10.1 Å². The van der Waals surface area contributed by atoms with Crippen LogP contribution >= 0.6 is 0 Å². The molecule has 2 rings (SSSR count). The Kier molecular flexibility index (Phi) is 7.60. The molecule has 0 radical (unpaired) electrons. The monoisotopic (exact) mass is 346 g/mol. The highest BCUT2D eigenvalue weighted by atomic mass is 16.6. The number of rotatable bonds is 10. The van der Waals surface area contributed by atoms with Crippen molar-refractivity contribution in [3.63, 3.8) is 0 Å². The molecule has 0 aliphatic rings. The van der Waals surface area contributed by atoms with Crippen molar-refractivity contribution in [2.24, 2.45) is 5.92 Å². The zero-order valence-corrected chi connectivity index (χ0v) is 15.1. The lowest BCUT2D eigenvalue weighted by molar-refractivity contribution is -0.156. The molecule has 0 aliphatic carbocycles. The van der Waals surface area contributed by atoms with E-state index in [-0.39, 0.29) is 5.97 Å². The molecular weight excluding hydrogens is 320 g/mol. The summed E-state index contributed by atoms with van der Waals surface area (Å²) in [7, 11) is 0. The minimum atomic E-state index is -0.535. The molecule has 0 spiro atoms. The summed E-state index contributed by atoms with van der Waals surface area (Å²) in [6.07, 6.45) is 1.58. The summed E-state index contributed by atoms with van der Waals surface area (Å²) < 4.78 is 15.9. The van der Waals surface area contributed by atoms with Crippen molar-refractivity contribution < 1.29 is 18.8 Å². The van der Waals surface area contributed by atoms with Crippen LogP contribution in [-0.4, -0.2) is 35.4 Å². The Balaban J connectivity index is 1.66. The van der Waals surface area contributed by atoms with E-state index in [9.17, 15) is 4.79 Å². The van der Waals surface area contributed by atoms with Crippen LogP contribution in [0.5, 0.6) is 0 Å². The highest BCUT2D eigenvalue weighted by Crippen LogP contribution is 2.15. The van der Waals surface area contributed by atoms with Gasteiger partial charge in [0.15, 0.2) is 6.10 Å². The normalized spacial score (nSPS) is 12.3. The number of benzene rings is 1. The van der Waals surface area contributed by atoms with Crippen LogP contribution in [0.1, 0.15) is 39.5 Å². The van der Waals surface area contributed by atoms with Crippen molar-refractivity contribution in [3.05, 3.63) is 36.2 Å². The number of esters is 1. The second-order valence-corrected chi connectivity index (χ2v) is 6.34. The molecule has 1 atom stereocenters. The Bertz CT molecular complexity index is 640. The van der Waals surface area contributed by atoms with E-state index >= 15 is 0 Å². The molecule has 0 saturated carbocycles. The largest absolute Gasteiger partial charge is 0.464 e. The van der Waals surface area contributed by atoms with Crippen LogP contribution in [0.2, 0.25) is 0 Å². The van der Waals surface area contributed by atoms with Crippen molar-refractivity contribution in [2.75, 3.05) is 13.2 Å². The molecule has 136 valence electrons. The van der Waals surface area contributed by atoms with E-state index < -0.39 is 6.10 Å². The van der Waals surface area contributed by atoms with Gasteiger partial charge in [-0.15, -0.1) is 0 Å². The van der Waals surface area contributed by atoms with Gasteiger partial charge < -0.3 is 14.0 Å². The maximum atomic E-state index is 11.8. The molecular formula is C19H26N2O4. The van der Waals surface area contributed by atoms with Gasteiger partial charge in [-0.25, -0.2) is 4.79 Å². The second-order valence-electron chi connectivity index (χ2n) is 6.34. The lowest BCUT2D eigenvalue weighted by Gasteiger charge is -2.13. The van der Waals surface area contributed by atoms with E-state index in [1.54, 1.807) is 6.92 Å². The molecule has 0 aliphatic heterocycles. The van der Waals surface area contributed by atoms with Crippen LogP contribution in [0.15, 0.2) is 34.9 Å². The number of aryl methyl sites for hydroxylation is 1. The van der Waals surface area contributed by atoms with Gasteiger partial charge in [-0.2, -0.15) is 4.98 Å². The third-order valence-corrected chi connectivity index (χ3v) is 3.67. The van der Waals surface area contributed by atoms with E-state index in [0.717, 1.165) is 12.0 Å². The molecule has 0 fully saturated rings. The maximum absolute atomic E-state index is 11.8. The number of hydrogen-bond acceptors (Lipinski definition) is 6. The van der Waals surface area contributed by atoms with Crippen LogP contribution in [0.3, 0.4) is 0 Å². The second kappa shape index (κ2) is 9.93. The highest BCUT2D eigenvalue weighted by Gasteiger charge is 2.15. The third-order valence-electron chi connectivity index (χ3n) is 3.67. The molecule has 1 heterocycles. The Morgan fingerprint density at radius 1 is 1.16 bits per heavy atom. The van der Waals surface area contributed by atoms with E-state index in [4.69, 9.17) is 14.0 Å². The number of carbonyl (C=O) groups is 1. The van der Waals surface area contributed by atoms with Gasteiger partial charge in [0, 0.05) is 18.6 Å². The number of aromatic nitrogens is 2. The molecule has 1 aromatic heterocycles. The number of nitrogens with zero attached hydrogens (tertiary/aromatic N) is 2. The van der Waals surface area contributed by atoms with Gasteiger partial charge in [0.2, 0.25) is 11.7 Å². The minimum Gasteiger partial charge on any atom is -0.464 e. The fourth-order valence-electron chi connectivity index (χ4n) is 2.12. The van der Waals surface area contributed by atoms with Crippen LogP contribution < -0.4 is 0 Å². The van der Waals surface area contributed by atoms with Gasteiger partial charge in [-0.05, 0) is 25.7 Å². The minimum absolute atomic E-state index is 0.305. The summed E-state index contributed by atoms with van der Waals surface area (Å²) in [4.78, 5) is 16.2. The summed E-state index contributed by atoms with van der Waals surface area (Å²) in [5.74, 6) is 1.33. The van der Waals surface area contributed by atoms with E-state index in [1.165, 1.54) is 0 Å². The van der Waals surface area contributed by atoms with Crippen LogP contribution in [-0.2, 0) is 20.7 Å². The van der Waals surface area contributed by atoms with Gasteiger partial charge in [0.05, 0.1) is 6.61 Å². The van der Waals surface area contributed by atoms with Crippen molar-refractivity contribution >= 4 is 5.97 Å². The van der Waals surface area contributed by atoms with E-state index in [0.29, 0.717) is 43.7 Å². The predicted octanol–water partition coefficient (Wildman–Crippen LogP) is 3.66. The first-order chi connectivity index (χ1) is 12.1. The Morgan fingerprint density at radius 2 is 1.92 bits per heavy atom. The lowest BCUT2D eigenvalue weighted by atomic mass is 10.1. The Labute approximate surface area is 148 Å². The molecule has 0 amide bonds. The fraction of sp³-hybridized carbons (Fsp3) is 0.526. The standard InChI is InChI=1S/C19H26N2O4/c1-14(2)11-13-23-15(3)19(22)24-12-7-10-17-20-18(21-25-17)16-8-5-4-6-9-16/h4-6,8-9,14-15H,7,10-13H2,1-3H3. The van der Waals surface area contributed by atoms with Crippen molar-refractivity contribution in [1.29, 1.82) is 0 Å².